The summed E-state index contributed by atoms with van der Waals surface area (Å²) in [6, 6.07) is 5.19. The minimum atomic E-state index is 0.218. The van der Waals surface area contributed by atoms with E-state index in [4.69, 9.17) is 0 Å². The first-order valence-electron chi connectivity index (χ1n) is 9.42. The normalized spacial score (nSPS) is 29.0. The van der Waals surface area contributed by atoms with Gasteiger partial charge in [-0.2, -0.15) is 0 Å². The Kier molecular flexibility index (Phi) is 4.81. The molecule has 5 rings (SSSR count). The third-order valence-corrected chi connectivity index (χ3v) is 5.77. The Bertz CT molecular complexity index is 552. The molecule has 1 aromatic rings. The smallest absolute Gasteiger partial charge is 0.221 e. The van der Waals surface area contributed by atoms with Crippen molar-refractivity contribution < 1.29 is 4.79 Å². The Balaban J connectivity index is 1.41. The molecule has 4 heterocycles. The fourth-order valence-electron chi connectivity index (χ4n) is 4.21. The van der Waals surface area contributed by atoms with Crippen molar-refractivity contribution in [2.24, 2.45) is 5.92 Å². The Morgan fingerprint density at radius 2 is 2.12 bits per heavy atom. The fraction of sp³-hybridized carbons (Fsp3) is 0.684. The molecule has 3 saturated heterocycles. The molecular formula is C19H28N4O. The molecule has 1 aliphatic carbocycles. The topological polar surface area (TPSA) is 48.5 Å². The number of aromatic nitrogens is 1. The molecular weight excluding hydrogens is 300 g/mol. The zero-order chi connectivity index (χ0) is 16.4. The SMILES string of the molecule is O=C(CCN(Cc1cccnc1)C1CN2CCC1CC2)NC1CC1. The van der Waals surface area contributed by atoms with Gasteiger partial charge in [-0.3, -0.25) is 14.7 Å². The van der Waals surface area contributed by atoms with Crippen LogP contribution < -0.4 is 5.32 Å². The van der Waals surface area contributed by atoms with Gasteiger partial charge in [0.15, 0.2) is 0 Å². The first kappa shape index (κ1) is 16.0. The number of hydrogen-bond donors (Lipinski definition) is 1. The number of carbonyl (C=O) groups excluding carboxylic acids is 1. The van der Waals surface area contributed by atoms with Crippen molar-refractivity contribution in [2.75, 3.05) is 26.2 Å². The van der Waals surface area contributed by atoms with Gasteiger partial charge in [-0.05, 0) is 56.3 Å². The largest absolute Gasteiger partial charge is 0.353 e. The van der Waals surface area contributed by atoms with E-state index in [0.29, 0.717) is 18.5 Å². The van der Waals surface area contributed by atoms with Crippen LogP contribution >= 0.6 is 0 Å². The highest BCUT2D eigenvalue weighted by Gasteiger charge is 2.37. The van der Waals surface area contributed by atoms with Crippen molar-refractivity contribution in [2.45, 2.75) is 50.7 Å². The summed E-state index contributed by atoms with van der Waals surface area (Å²) >= 11 is 0. The molecule has 0 radical (unpaired) electrons. The van der Waals surface area contributed by atoms with E-state index >= 15 is 0 Å². The third kappa shape index (κ3) is 3.95. The van der Waals surface area contributed by atoms with E-state index in [0.717, 1.165) is 38.4 Å². The predicted molar refractivity (Wildman–Crippen MR) is 93.4 cm³/mol. The summed E-state index contributed by atoms with van der Waals surface area (Å²) < 4.78 is 0. The van der Waals surface area contributed by atoms with Gasteiger partial charge in [0.2, 0.25) is 5.91 Å². The lowest BCUT2D eigenvalue weighted by Gasteiger charge is -2.49. The molecule has 0 spiro atoms. The summed E-state index contributed by atoms with van der Waals surface area (Å²) in [5.74, 6) is 1.01. The fourth-order valence-corrected chi connectivity index (χ4v) is 4.21. The van der Waals surface area contributed by atoms with E-state index in [9.17, 15) is 4.79 Å². The average Bonchev–Trinajstić information content (AvgIpc) is 3.44. The molecule has 1 aromatic heterocycles. The van der Waals surface area contributed by atoms with Crippen LogP contribution in [0, 0.1) is 5.92 Å². The van der Waals surface area contributed by atoms with Gasteiger partial charge >= 0.3 is 0 Å². The van der Waals surface area contributed by atoms with E-state index in [1.165, 1.54) is 31.5 Å². The van der Waals surface area contributed by atoms with E-state index < -0.39 is 0 Å². The van der Waals surface area contributed by atoms with Gasteiger partial charge in [0, 0.05) is 50.5 Å². The van der Waals surface area contributed by atoms with Gasteiger partial charge < -0.3 is 10.2 Å². The first-order valence-corrected chi connectivity index (χ1v) is 9.42. The summed E-state index contributed by atoms with van der Waals surface area (Å²) in [7, 11) is 0. The van der Waals surface area contributed by atoms with Gasteiger partial charge in [-0.1, -0.05) is 6.07 Å². The van der Waals surface area contributed by atoms with Gasteiger partial charge in [0.25, 0.3) is 0 Å². The summed E-state index contributed by atoms with van der Waals surface area (Å²) in [6.45, 7) is 5.42. The summed E-state index contributed by atoms with van der Waals surface area (Å²) in [5, 5.41) is 3.12. The number of pyridine rings is 1. The standard InChI is InChI=1S/C19H28N4O/c24-19(21-17-3-4-17)7-11-23(13-15-2-1-8-20-12-15)18-14-22-9-5-16(18)6-10-22/h1-2,8,12,16-18H,3-7,9-11,13-14H2,(H,21,24). The number of hydrogen-bond acceptors (Lipinski definition) is 4. The molecule has 0 aromatic carbocycles. The zero-order valence-corrected chi connectivity index (χ0v) is 14.4. The molecule has 1 atom stereocenters. The molecule has 1 N–H and O–H groups in total. The highest BCUT2D eigenvalue weighted by Crippen LogP contribution is 2.31. The molecule has 2 bridgehead atoms. The van der Waals surface area contributed by atoms with Crippen molar-refractivity contribution in [1.29, 1.82) is 0 Å². The van der Waals surface area contributed by atoms with Crippen LogP contribution in [0.2, 0.25) is 0 Å². The van der Waals surface area contributed by atoms with Gasteiger partial charge in [-0.25, -0.2) is 0 Å². The molecule has 5 nitrogen and oxygen atoms in total. The van der Waals surface area contributed by atoms with Gasteiger partial charge in [-0.15, -0.1) is 0 Å². The van der Waals surface area contributed by atoms with Crippen molar-refractivity contribution in [3.05, 3.63) is 30.1 Å². The van der Waals surface area contributed by atoms with Crippen LogP contribution in [0.15, 0.2) is 24.5 Å². The molecule has 4 fully saturated rings. The Morgan fingerprint density at radius 3 is 2.75 bits per heavy atom. The number of nitrogens with one attached hydrogen (secondary N) is 1. The van der Waals surface area contributed by atoms with Crippen LogP contribution in [-0.4, -0.2) is 59.0 Å². The van der Waals surface area contributed by atoms with E-state index in [1.807, 2.05) is 18.5 Å². The van der Waals surface area contributed by atoms with Crippen LogP contribution in [0.5, 0.6) is 0 Å². The Morgan fingerprint density at radius 1 is 1.29 bits per heavy atom. The second-order valence-corrected chi connectivity index (χ2v) is 7.63. The third-order valence-electron chi connectivity index (χ3n) is 5.77. The first-order chi connectivity index (χ1) is 11.8. The number of rotatable bonds is 7. The summed E-state index contributed by atoms with van der Waals surface area (Å²) in [5.41, 5.74) is 1.25. The van der Waals surface area contributed by atoms with Crippen molar-refractivity contribution in [3.63, 3.8) is 0 Å². The van der Waals surface area contributed by atoms with Crippen molar-refractivity contribution in [1.82, 2.24) is 20.1 Å². The summed E-state index contributed by atoms with van der Waals surface area (Å²) in [6.07, 6.45) is 9.32. The molecule has 1 amide bonds. The average molecular weight is 328 g/mol. The lowest BCUT2D eigenvalue weighted by Crippen LogP contribution is -2.57. The maximum atomic E-state index is 12.1. The Labute approximate surface area is 144 Å². The molecule has 130 valence electrons. The molecule has 4 aliphatic rings. The highest BCUT2D eigenvalue weighted by molar-refractivity contribution is 5.76. The molecule has 5 heteroatoms. The van der Waals surface area contributed by atoms with Crippen LogP contribution in [0.3, 0.4) is 0 Å². The van der Waals surface area contributed by atoms with Crippen LogP contribution in [0.4, 0.5) is 0 Å². The van der Waals surface area contributed by atoms with Crippen molar-refractivity contribution >= 4 is 5.91 Å². The van der Waals surface area contributed by atoms with Crippen LogP contribution in [-0.2, 0) is 11.3 Å². The van der Waals surface area contributed by atoms with Gasteiger partial charge in [0.1, 0.15) is 0 Å². The van der Waals surface area contributed by atoms with E-state index in [-0.39, 0.29) is 5.91 Å². The molecule has 24 heavy (non-hydrogen) atoms. The molecule has 3 aliphatic heterocycles. The number of carbonyl (C=O) groups is 1. The highest BCUT2D eigenvalue weighted by atomic mass is 16.1. The molecule has 1 saturated carbocycles. The van der Waals surface area contributed by atoms with Gasteiger partial charge in [0.05, 0.1) is 0 Å². The second-order valence-electron chi connectivity index (χ2n) is 7.63. The number of amides is 1. The summed E-state index contributed by atoms with van der Waals surface area (Å²) in [4.78, 5) is 21.5. The maximum Gasteiger partial charge on any atom is 0.221 e. The quantitative estimate of drug-likeness (QED) is 0.827. The number of piperidine rings is 3. The number of nitrogens with zero attached hydrogens (tertiary/aromatic N) is 3. The maximum absolute atomic E-state index is 12.1. The lowest BCUT2D eigenvalue weighted by molar-refractivity contribution is -0.122. The van der Waals surface area contributed by atoms with E-state index in [2.05, 4.69) is 26.2 Å². The number of fused-ring (bicyclic) bond motifs is 3. The van der Waals surface area contributed by atoms with Crippen LogP contribution in [0.1, 0.15) is 37.7 Å². The second kappa shape index (κ2) is 7.19. The zero-order valence-electron chi connectivity index (χ0n) is 14.4. The van der Waals surface area contributed by atoms with Crippen LogP contribution in [0.25, 0.3) is 0 Å². The van der Waals surface area contributed by atoms with Crippen molar-refractivity contribution in [3.8, 4) is 0 Å². The minimum Gasteiger partial charge on any atom is -0.353 e. The van der Waals surface area contributed by atoms with E-state index in [1.54, 1.807) is 0 Å². The predicted octanol–water partition coefficient (Wildman–Crippen LogP) is 1.65. The monoisotopic (exact) mass is 328 g/mol. The minimum absolute atomic E-state index is 0.218. The molecule has 1 unspecified atom stereocenters. The lowest BCUT2D eigenvalue weighted by atomic mass is 9.83. The Hall–Kier alpha value is -1.46.